The number of sulfonamides is 1. The molecule has 0 atom stereocenters. The Hall–Kier alpha value is -0.500. The largest absolute Gasteiger partial charge is 0.309 e. The van der Waals surface area contributed by atoms with E-state index in [9.17, 15) is 8.42 Å². The molecule has 1 heterocycles. The molecule has 0 saturated heterocycles. The van der Waals surface area contributed by atoms with Crippen LogP contribution in [0.25, 0.3) is 0 Å². The molecule has 1 aromatic rings. The van der Waals surface area contributed by atoms with Gasteiger partial charge in [0.05, 0.1) is 11.9 Å². The van der Waals surface area contributed by atoms with Crippen LogP contribution in [0.3, 0.4) is 0 Å². The van der Waals surface area contributed by atoms with Crippen LogP contribution in [-0.4, -0.2) is 31.7 Å². The number of aromatic nitrogens is 1. The van der Waals surface area contributed by atoms with Crippen LogP contribution in [0.1, 0.15) is 19.5 Å². The SMILES string of the molecule is CC(C)(CNCc1ccc(Br)cn1)NS(C)(=O)=O. The van der Waals surface area contributed by atoms with E-state index in [1.165, 1.54) is 0 Å². The summed E-state index contributed by atoms with van der Waals surface area (Å²) in [7, 11) is -3.19. The highest BCUT2D eigenvalue weighted by Crippen LogP contribution is 2.07. The van der Waals surface area contributed by atoms with Gasteiger partial charge in [-0.2, -0.15) is 0 Å². The Morgan fingerprint density at radius 3 is 2.56 bits per heavy atom. The molecular weight excluding hydrogens is 318 g/mol. The monoisotopic (exact) mass is 335 g/mol. The Morgan fingerprint density at radius 2 is 2.06 bits per heavy atom. The van der Waals surface area contributed by atoms with Crippen molar-refractivity contribution in [1.29, 1.82) is 0 Å². The fourth-order valence-corrected chi connectivity index (χ4v) is 2.86. The molecule has 102 valence electrons. The molecule has 0 aliphatic heterocycles. The molecule has 7 heteroatoms. The molecule has 0 aliphatic rings. The molecular formula is C11H18BrN3O2S. The lowest BCUT2D eigenvalue weighted by molar-refractivity contribution is 0.420. The Labute approximate surface area is 117 Å². The number of hydrogen-bond donors (Lipinski definition) is 2. The molecule has 0 unspecified atom stereocenters. The van der Waals surface area contributed by atoms with Gasteiger partial charge in [-0.3, -0.25) is 4.98 Å². The predicted molar refractivity (Wildman–Crippen MR) is 75.7 cm³/mol. The molecule has 0 saturated carbocycles. The van der Waals surface area contributed by atoms with Crippen LogP contribution in [0.15, 0.2) is 22.8 Å². The minimum Gasteiger partial charge on any atom is -0.309 e. The van der Waals surface area contributed by atoms with Crippen molar-refractivity contribution in [2.24, 2.45) is 0 Å². The summed E-state index contributed by atoms with van der Waals surface area (Å²) in [6.45, 7) is 4.78. The third-order valence-electron chi connectivity index (χ3n) is 2.12. The topological polar surface area (TPSA) is 71.1 Å². The maximum absolute atomic E-state index is 11.2. The second kappa shape index (κ2) is 6.10. The van der Waals surface area contributed by atoms with E-state index in [4.69, 9.17) is 0 Å². The highest BCUT2D eigenvalue weighted by molar-refractivity contribution is 9.10. The van der Waals surface area contributed by atoms with Gasteiger partial charge in [0.25, 0.3) is 0 Å². The van der Waals surface area contributed by atoms with Crippen molar-refractivity contribution in [2.75, 3.05) is 12.8 Å². The van der Waals surface area contributed by atoms with E-state index in [0.717, 1.165) is 16.4 Å². The van der Waals surface area contributed by atoms with Crippen molar-refractivity contribution in [3.8, 4) is 0 Å². The van der Waals surface area contributed by atoms with Crippen molar-refractivity contribution in [3.63, 3.8) is 0 Å². The molecule has 0 aliphatic carbocycles. The zero-order valence-electron chi connectivity index (χ0n) is 10.7. The number of pyridine rings is 1. The van der Waals surface area contributed by atoms with E-state index >= 15 is 0 Å². The molecule has 1 rings (SSSR count). The first kappa shape index (κ1) is 15.6. The van der Waals surface area contributed by atoms with Gasteiger partial charge in [-0.1, -0.05) is 0 Å². The Kier molecular flexibility index (Phi) is 5.27. The van der Waals surface area contributed by atoms with Gasteiger partial charge in [-0.05, 0) is 41.9 Å². The van der Waals surface area contributed by atoms with Crippen molar-refractivity contribution < 1.29 is 8.42 Å². The number of nitrogens with one attached hydrogen (secondary N) is 2. The second-order valence-corrected chi connectivity index (χ2v) is 7.49. The predicted octanol–water partition coefficient (Wildman–Crippen LogP) is 1.26. The Morgan fingerprint density at radius 1 is 1.39 bits per heavy atom. The maximum atomic E-state index is 11.2. The number of rotatable bonds is 6. The molecule has 0 aromatic carbocycles. The molecule has 0 amide bonds. The standard InChI is InChI=1S/C11H18BrN3O2S/c1-11(2,15-18(3,16)17)8-13-7-10-5-4-9(12)6-14-10/h4-6,13,15H,7-8H2,1-3H3. The van der Waals surface area contributed by atoms with Crippen LogP contribution in [-0.2, 0) is 16.6 Å². The van der Waals surface area contributed by atoms with E-state index < -0.39 is 15.6 Å². The average Bonchev–Trinajstić information content (AvgIpc) is 2.17. The van der Waals surface area contributed by atoms with Gasteiger partial charge >= 0.3 is 0 Å². The minimum absolute atomic E-state index is 0.525. The summed E-state index contributed by atoms with van der Waals surface area (Å²) in [6.07, 6.45) is 2.89. The molecule has 2 N–H and O–H groups in total. The zero-order chi connectivity index (χ0) is 13.8. The van der Waals surface area contributed by atoms with E-state index in [1.54, 1.807) is 6.20 Å². The lowest BCUT2D eigenvalue weighted by Crippen LogP contribution is -2.49. The summed E-state index contributed by atoms with van der Waals surface area (Å²) in [5.74, 6) is 0. The van der Waals surface area contributed by atoms with Crippen molar-refractivity contribution >= 4 is 26.0 Å². The molecule has 0 spiro atoms. The summed E-state index contributed by atoms with van der Waals surface area (Å²) in [4.78, 5) is 4.22. The molecule has 5 nitrogen and oxygen atoms in total. The lowest BCUT2D eigenvalue weighted by atomic mass is 10.1. The van der Waals surface area contributed by atoms with Crippen molar-refractivity contribution in [1.82, 2.24) is 15.0 Å². The van der Waals surface area contributed by atoms with Gasteiger partial charge in [0, 0.05) is 29.3 Å². The van der Waals surface area contributed by atoms with E-state index in [-0.39, 0.29) is 0 Å². The van der Waals surface area contributed by atoms with Crippen LogP contribution < -0.4 is 10.0 Å². The Bertz CT molecular complexity index is 486. The highest BCUT2D eigenvalue weighted by atomic mass is 79.9. The fourth-order valence-electron chi connectivity index (χ4n) is 1.55. The minimum atomic E-state index is -3.19. The van der Waals surface area contributed by atoms with E-state index in [2.05, 4.69) is 31.0 Å². The lowest BCUT2D eigenvalue weighted by Gasteiger charge is -2.25. The van der Waals surface area contributed by atoms with Crippen molar-refractivity contribution in [3.05, 3.63) is 28.5 Å². The number of halogens is 1. The van der Waals surface area contributed by atoms with Gasteiger partial charge in [-0.25, -0.2) is 13.1 Å². The number of nitrogens with zero attached hydrogens (tertiary/aromatic N) is 1. The molecule has 1 aromatic heterocycles. The van der Waals surface area contributed by atoms with Gasteiger partial charge in [0.1, 0.15) is 0 Å². The zero-order valence-corrected chi connectivity index (χ0v) is 13.1. The first-order valence-corrected chi connectivity index (χ1v) is 8.16. The highest BCUT2D eigenvalue weighted by Gasteiger charge is 2.21. The third-order valence-corrected chi connectivity index (χ3v) is 3.52. The van der Waals surface area contributed by atoms with Gasteiger partial charge in [0.2, 0.25) is 10.0 Å². The first-order chi connectivity index (χ1) is 8.18. The normalized spacial score (nSPS) is 12.7. The van der Waals surface area contributed by atoms with Gasteiger partial charge in [0.15, 0.2) is 0 Å². The first-order valence-electron chi connectivity index (χ1n) is 5.48. The van der Waals surface area contributed by atoms with Crippen molar-refractivity contribution in [2.45, 2.75) is 25.9 Å². The summed E-state index contributed by atoms with van der Waals surface area (Å²) in [6, 6.07) is 3.83. The second-order valence-electron chi connectivity index (χ2n) is 4.83. The summed E-state index contributed by atoms with van der Waals surface area (Å²) in [5.41, 5.74) is 0.386. The molecule has 0 fully saturated rings. The van der Waals surface area contributed by atoms with Crippen LogP contribution in [0, 0.1) is 0 Å². The summed E-state index contributed by atoms with van der Waals surface area (Å²) >= 11 is 3.32. The van der Waals surface area contributed by atoms with Gasteiger partial charge < -0.3 is 5.32 Å². The average molecular weight is 336 g/mol. The fraction of sp³-hybridized carbons (Fsp3) is 0.545. The third kappa shape index (κ3) is 6.44. The van der Waals surface area contributed by atoms with Gasteiger partial charge in [-0.15, -0.1) is 0 Å². The molecule has 0 radical (unpaired) electrons. The van der Waals surface area contributed by atoms with Crippen LogP contribution in [0.2, 0.25) is 0 Å². The van der Waals surface area contributed by atoms with Crippen LogP contribution in [0.4, 0.5) is 0 Å². The van der Waals surface area contributed by atoms with E-state index in [1.807, 2.05) is 26.0 Å². The number of hydrogen-bond acceptors (Lipinski definition) is 4. The maximum Gasteiger partial charge on any atom is 0.209 e. The van der Waals surface area contributed by atoms with Crippen LogP contribution >= 0.6 is 15.9 Å². The van der Waals surface area contributed by atoms with Crippen LogP contribution in [0.5, 0.6) is 0 Å². The van der Waals surface area contributed by atoms with E-state index in [0.29, 0.717) is 13.1 Å². The molecule has 0 bridgehead atoms. The molecule has 18 heavy (non-hydrogen) atoms. The summed E-state index contributed by atoms with van der Waals surface area (Å²) < 4.78 is 25.8. The smallest absolute Gasteiger partial charge is 0.209 e. The Balaban J connectivity index is 2.43. The quantitative estimate of drug-likeness (QED) is 0.821. The summed E-state index contributed by atoms with van der Waals surface area (Å²) in [5, 5.41) is 3.18.